The number of fused-ring (bicyclic) bond motifs is 1. The Morgan fingerprint density at radius 3 is 2.57 bits per heavy atom. The van der Waals surface area contributed by atoms with E-state index in [4.69, 9.17) is 16.2 Å². The zero-order chi connectivity index (χ0) is 17.4. The molecule has 2 amide bonds. The molecule has 5 N–H and O–H groups in total. The van der Waals surface area contributed by atoms with Crippen LogP contribution in [-0.2, 0) is 9.53 Å². The van der Waals surface area contributed by atoms with E-state index < -0.39 is 11.5 Å². The standard InChI is InChI=1S/C16H22N4O3/c1-16(2,23-4)8-12(21)20(3)9-5-6-10-11(7-9)19-14(17)13(10)15(18)22/h5-7,19H,8,17H2,1-4H3,(H2,18,22). The first-order chi connectivity index (χ1) is 10.7. The van der Waals surface area contributed by atoms with Crippen LogP contribution in [0, 0.1) is 0 Å². The maximum Gasteiger partial charge on any atom is 0.253 e. The minimum absolute atomic E-state index is 0.0779. The van der Waals surface area contributed by atoms with E-state index in [1.165, 1.54) is 0 Å². The minimum Gasteiger partial charge on any atom is -0.385 e. The molecule has 0 fully saturated rings. The predicted octanol–water partition coefficient (Wildman–Crippen LogP) is 1.63. The van der Waals surface area contributed by atoms with Crippen molar-refractivity contribution in [3.8, 4) is 0 Å². The van der Waals surface area contributed by atoms with Crippen LogP contribution in [0.25, 0.3) is 10.9 Å². The van der Waals surface area contributed by atoms with Crippen molar-refractivity contribution in [1.29, 1.82) is 0 Å². The number of benzene rings is 1. The van der Waals surface area contributed by atoms with E-state index in [-0.39, 0.29) is 23.7 Å². The Morgan fingerprint density at radius 1 is 1.35 bits per heavy atom. The Balaban J connectivity index is 2.34. The zero-order valence-corrected chi connectivity index (χ0v) is 13.8. The Morgan fingerprint density at radius 2 is 2.00 bits per heavy atom. The number of aromatic amines is 1. The first-order valence-corrected chi connectivity index (χ1v) is 7.19. The van der Waals surface area contributed by atoms with Crippen LogP contribution in [0.5, 0.6) is 0 Å². The van der Waals surface area contributed by atoms with Crippen molar-refractivity contribution in [2.45, 2.75) is 25.9 Å². The lowest BCUT2D eigenvalue weighted by atomic mass is 10.0. The summed E-state index contributed by atoms with van der Waals surface area (Å²) in [5, 5.41) is 0.636. The third-order valence-corrected chi connectivity index (χ3v) is 3.95. The number of nitrogens with two attached hydrogens (primary N) is 2. The smallest absolute Gasteiger partial charge is 0.253 e. The molecule has 0 bridgehead atoms. The lowest BCUT2D eigenvalue weighted by Crippen LogP contribution is -2.35. The number of H-pyrrole nitrogens is 1. The SMILES string of the molecule is COC(C)(C)CC(=O)N(C)c1ccc2c(C(N)=O)c(N)[nH]c2c1. The number of nitrogens with zero attached hydrogens (tertiary/aromatic N) is 1. The van der Waals surface area contributed by atoms with Crippen LogP contribution in [-0.4, -0.2) is 36.6 Å². The average Bonchev–Trinajstić information content (AvgIpc) is 2.80. The van der Waals surface area contributed by atoms with E-state index in [1.807, 2.05) is 13.8 Å². The highest BCUT2D eigenvalue weighted by atomic mass is 16.5. The highest BCUT2D eigenvalue weighted by Crippen LogP contribution is 2.28. The van der Waals surface area contributed by atoms with Crippen LogP contribution in [0.2, 0.25) is 0 Å². The molecule has 23 heavy (non-hydrogen) atoms. The third-order valence-electron chi connectivity index (χ3n) is 3.95. The highest BCUT2D eigenvalue weighted by Gasteiger charge is 2.24. The summed E-state index contributed by atoms with van der Waals surface area (Å²) in [6.07, 6.45) is 0.247. The van der Waals surface area contributed by atoms with Gasteiger partial charge in [-0.3, -0.25) is 9.59 Å². The molecule has 7 heteroatoms. The fourth-order valence-electron chi connectivity index (χ4n) is 2.38. The quantitative estimate of drug-likeness (QED) is 0.777. The maximum atomic E-state index is 12.4. The number of nitrogens with one attached hydrogen (secondary N) is 1. The van der Waals surface area contributed by atoms with E-state index in [0.717, 1.165) is 0 Å². The number of carbonyl (C=O) groups excluding carboxylic acids is 2. The highest BCUT2D eigenvalue weighted by molar-refractivity contribution is 6.11. The molecular weight excluding hydrogens is 296 g/mol. The molecule has 2 rings (SSSR count). The second kappa shape index (κ2) is 5.92. The molecule has 7 nitrogen and oxygen atoms in total. The summed E-state index contributed by atoms with van der Waals surface area (Å²) >= 11 is 0. The van der Waals surface area contributed by atoms with Gasteiger partial charge >= 0.3 is 0 Å². The van der Waals surface area contributed by atoms with Crippen molar-refractivity contribution in [2.75, 3.05) is 24.8 Å². The van der Waals surface area contributed by atoms with Crippen LogP contribution in [0.15, 0.2) is 18.2 Å². The van der Waals surface area contributed by atoms with Gasteiger partial charge in [0.25, 0.3) is 5.91 Å². The fourth-order valence-corrected chi connectivity index (χ4v) is 2.38. The molecular formula is C16H22N4O3. The van der Waals surface area contributed by atoms with E-state index in [0.29, 0.717) is 16.6 Å². The maximum absolute atomic E-state index is 12.4. The number of hydrogen-bond donors (Lipinski definition) is 3. The molecule has 0 saturated carbocycles. The van der Waals surface area contributed by atoms with Gasteiger partial charge in [-0.2, -0.15) is 0 Å². The fraction of sp³-hybridized carbons (Fsp3) is 0.375. The summed E-state index contributed by atoms with van der Waals surface area (Å²) in [7, 11) is 3.27. The molecule has 0 aliphatic heterocycles. The normalized spacial score (nSPS) is 11.7. The van der Waals surface area contributed by atoms with Gasteiger partial charge in [-0.1, -0.05) is 0 Å². The molecule has 0 radical (unpaired) electrons. The van der Waals surface area contributed by atoms with Gasteiger partial charge < -0.3 is 26.1 Å². The van der Waals surface area contributed by atoms with Crippen molar-refractivity contribution in [1.82, 2.24) is 4.98 Å². The summed E-state index contributed by atoms with van der Waals surface area (Å²) in [4.78, 5) is 28.3. The molecule has 0 atom stereocenters. The van der Waals surface area contributed by atoms with Gasteiger partial charge in [-0.05, 0) is 32.0 Å². The number of primary amides is 1. The summed E-state index contributed by atoms with van der Waals surface area (Å²) in [5.41, 5.74) is 12.2. The van der Waals surface area contributed by atoms with Crippen LogP contribution in [0.1, 0.15) is 30.6 Å². The molecule has 1 aromatic heterocycles. The second-order valence-electron chi connectivity index (χ2n) is 6.10. The van der Waals surface area contributed by atoms with Crippen molar-refractivity contribution >= 4 is 34.2 Å². The molecule has 0 unspecified atom stereocenters. The lowest BCUT2D eigenvalue weighted by Gasteiger charge is -2.25. The van der Waals surface area contributed by atoms with Crippen molar-refractivity contribution in [3.05, 3.63) is 23.8 Å². The molecule has 2 aromatic rings. The van der Waals surface area contributed by atoms with Gasteiger partial charge in [0.15, 0.2) is 0 Å². The number of amides is 2. The van der Waals surface area contributed by atoms with Gasteiger partial charge in [0.2, 0.25) is 5.91 Å². The van der Waals surface area contributed by atoms with E-state index in [9.17, 15) is 9.59 Å². The lowest BCUT2D eigenvalue weighted by molar-refractivity contribution is -0.123. The first-order valence-electron chi connectivity index (χ1n) is 7.19. The van der Waals surface area contributed by atoms with Crippen LogP contribution in [0.3, 0.4) is 0 Å². The third kappa shape index (κ3) is 3.29. The van der Waals surface area contributed by atoms with Gasteiger partial charge in [0.05, 0.1) is 17.6 Å². The van der Waals surface area contributed by atoms with Crippen molar-refractivity contribution in [2.24, 2.45) is 5.73 Å². The zero-order valence-electron chi connectivity index (χ0n) is 13.8. The predicted molar refractivity (Wildman–Crippen MR) is 90.3 cm³/mol. The summed E-state index contributed by atoms with van der Waals surface area (Å²) in [6.45, 7) is 3.71. The Bertz CT molecular complexity index is 764. The molecule has 1 aromatic carbocycles. The van der Waals surface area contributed by atoms with E-state index >= 15 is 0 Å². The molecule has 124 valence electrons. The number of aromatic nitrogens is 1. The largest absolute Gasteiger partial charge is 0.385 e. The molecule has 1 heterocycles. The number of carbonyl (C=O) groups is 2. The monoisotopic (exact) mass is 318 g/mol. The van der Waals surface area contributed by atoms with Gasteiger partial charge in [0.1, 0.15) is 5.82 Å². The average molecular weight is 318 g/mol. The number of methoxy groups -OCH3 is 1. The summed E-state index contributed by atoms with van der Waals surface area (Å²) < 4.78 is 5.29. The Hall–Kier alpha value is -2.54. The molecule has 0 aliphatic carbocycles. The summed E-state index contributed by atoms with van der Waals surface area (Å²) in [5.74, 6) is -0.447. The first kappa shape index (κ1) is 16.8. The minimum atomic E-state index is -0.590. The summed E-state index contributed by atoms with van der Waals surface area (Å²) in [6, 6.07) is 5.23. The van der Waals surface area contributed by atoms with Crippen LogP contribution < -0.4 is 16.4 Å². The van der Waals surface area contributed by atoms with E-state index in [2.05, 4.69) is 4.98 Å². The molecule has 0 aliphatic rings. The number of ether oxygens (including phenoxy) is 1. The molecule has 0 spiro atoms. The van der Waals surface area contributed by atoms with Crippen molar-refractivity contribution < 1.29 is 14.3 Å². The Kier molecular flexibility index (Phi) is 4.33. The number of anilines is 2. The van der Waals surface area contributed by atoms with Gasteiger partial charge in [-0.15, -0.1) is 0 Å². The van der Waals surface area contributed by atoms with Gasteiger partial charge in [-0.25, -0.2) is 0 Å². The van der Waals surface area contributed by atoms with Crippen LogP contribution >= 0.6 is 0 Å². The van der Waals surface area contributed by atoms with Crippen LogP contribution in [0.4, 0.5) is 11.5 Å². The van der Waals surface area contributed by atoms with Gasteiger partial charge in [0, 0.05) is 30.7 Å². The Labute approximate surface area is 134 Å². The van der Waals surface area contributed by atoms with Crippen molar-refractivity contribution in [3.63, 3.8) is 0 Å². The number of rotatable bonds is 5. The second-order valence-corrected chi connectivity index (χ2v) is 6.10. The molecule has 0 saturated heterocycles. The van der Waals surface area contributed by atoms with E-state index in [1.54, 1.807) is 37.3 Å². The number of nitrogen functional groups attached to an aromatic ring is 1. The number of hydrogen-bond acceptors (Lipinski definition) is 4. The topological polar surface area (TPSA) is 114 Å².